The Morgan fingerprint density at radius 3 is 1.31 bits per heavy atom. The van der Waals surface area contributed by atoms with Crippen LogP contribution in [0.3, 0.4) is 0 Å². The molecule has 0 radical (unpaired) electrons. The highest BCUT2D eigenvalue weighted by molar-refractivity contribution is 6.24. The van der Waals surface area contributed by atoms with Gasteiger partial charge in [0.25, 0.3) is 0 Å². The molecule has 0 saturated heterocycles. The maximum Gasteiger partial charge on any atom is 0.0780 e. The van der Waals surface area contributed by atoms with Crippen molar-refractivity contribution in [1.29, 1.82) is 0 Å². The highest BCUT2D eigenvalue weighted by Gasteiger charge is 2.19. The van der Waals surface area contributed by atoms with Gasteiger partial charge in [0.05, 0.1) is 5.69 Å². The average molecular weight is 610 g/mol. The molecule has 0 bridgehead atoms. The summed E-state index contributed by atoms with van der Waals surface area (Å²) in [5.74, 6) is 0. The van der Waals surface area contributed by atoms with E-state index in [0.29, 0.717) is 0 Å². The zero-order valence-electron chi connectivity index (χ0n) is 26.3. The van der Waals surface area contributed by atoms with Gasteiger partial charge in [-0.15, -0.1) is 0 Å². The third-order valence-corrected chi connectivity index (χ3v) is 9.55. The van der Waals surface area contributed by atoms with Crippen molar-refractivity contribution in [3.63, 3.8) is 0 Å². The highest BCUT2D eigenvalue weighted by Crippen LogP contribution is 2.46. The van der Waals surface area contributed by atoms with E-state index < -0.39 is 0 Å². The fourth-order valence-electron chi connectivity index (χ4n) is 7.41. The number of benzene rings is 8. The second kappa shape index (κ2) is 11.8. The first-order chi connectivity index (χ1) is 23.8. The first kappa shape index (κ1) is 28.0. The molecule has 0 N–H and O–H groups in total. The zero-order chi connectivity index (χ0) is 31.9. The van der Waals surface area contributed by atoms with Crippen LogP contribution in [-0.2, 0) is 0 Å². The molecule has 0 saturated carbocycles. The van der Waals surface area contributed by atoms with Crippen LogP contribution in [-0.4, -0.2) is 4.98 Å². The molecule has 9 rings (SSSR count). The van der Waals surface area contributed by atoms with Crippen molar-refractivity contribution in [1.82, 2.24) is 4.98 Å². The van der Waals surface area contributed by atoms with Gasteiger partial charge in [-0.1, -0.05) is 176 Å². The van der Waals surface area contributed by atoms with E-state index in [-0.39, 0.29) is 0 Å². The first-order valence-corrected chi connectivity index (χ1v) is 16.5. The lowest BCUT2D eigenvalue weighted by Gasteiger charge is -2.19. The third-order valence-electron chi connectivity index (χ3n) is 9.55. The van der Waals surface area contributed by atoms with Crippen molar-refractivity contribution < 1.29 is 0 Å². The normalized spacial score (nSPS) is 11.3. The van der Waals surface area contributed by atoms with E-state index in [4.69, 9.17) is 4.98 Å². The van der Waals surface area contributed by atoms with Crippen LogP contribution in [0.25, 0.3) is 88.1 Å². The largest absolute Gasteiger partial charge is 0.256 e. The van der Waals surface area contributed by atoms with Crippen LogP contribution in [0.4, 0.5) is 0 Å². The predicted octanol–water partition coefficient (Wildman–Crippen LogP) is 12.9. The molecule has 1 heteroatoms. The van der Waals surface area contributed by atoms with Gasteiger partial charge in [0.2, 0.25) is 0 Å². The molecule has 9 aromatic rings. The van der Waals surface area contributed by atoms with E-state index in [0.717, 1.165) is 22.4 Å². The Labute approximate surface area is 280 Å². The highest BCUT2D eigenvalue weighted by atomic mass is 14.7. The summed E-state index contributed by atoms with van der Waals surface area (Å²) >= 11 is 0. The number of rotatable bonds is 5. The Hall–Kier alpha value is -6.31. The molecule has 8 aromatic carbocycles. The van der Waals surface area contributed by atoms with Crippen LogP contribution in [0.1, 0.15) is 0 Å². The number of pyridine rings is 1. The van der Waals surface area contributed by atoms with Crippen LogP contribution in [0.2, 0.25) is 0 Å². The van der Waals surface area contributed by atoms with Gasteiger partial charge in [-0.3, -0.25) is 4.98 Å². The standard InChI is InChI=1S/C47H31N/c1-3-14-32(15-4-1)36-22-11-24-39-38(36)23-12-25-40(39)46-43-20-9-7-18-41(43)45(42-19-8-10-21-44(42)46)34-29-27-33(28-30-34)37-26-13-31-48-47(37)35-16-5-2-6-17-35/h1-31H. The second-order valence-corrected chi connectivity index (χ2v) is 12.3. The van der Waals surface area contributed by atoms with Crippen molar-refractivity contribution in [2.45, 2.75) is 0 Å². The smallest absolute Gasteiger partial charge is 0.0780 e. The van der Waals surface area contributed by atoms with Crippen molar-refractivity contribution in [2.24, 2.45) is 0 Å². The Kier molecular flexibility index (Phi) is 6.87. The van der Waals surface area contributed by atoms with E-state index in [2.05, 4.69) is 170 Å². The lowest BCUT2D eigenvalue weighted by atomic mass is 9.84. The Morgan fingerprint density at radius 1 is 0.250 bits per heavy atom. The van der Waals surface area contributed by atoms with Gasteiger partial charge in [-0.2, -0.15) is 0 Å². The molecule has 0 aliphatic heterocycles. The molecule has 1 aromatic heterocycles. The van der Waals surface area contributed by atoms with Gasteiger partial charge in [0, 0.05) is 17.3 Å². The van der Waals surface area contributed by atoms with Crippen LogP contribution in [0.15, 0.2) is 188 Å². The Bertz CT molecular complexity index is 2530. The fourth-order valence-corrected chi connectivity index (χ4v) is 7.41. The lowest BCUT2D eigenvalue weighted by Crippen LogP contribution is -1.92. The number of hydrogen-bond acceptors (Lipinski definition) is 1. The lowest BCUT2D eigenvalue weighted by molar-refractivity contribution is 1.32. The quantitative estimate of drug-likeness (QED) is 0.177. The van der Waals surface area contributed by atoms with Crippen molar-refractivity contribution in [3.8, 4) is 55.8 Å². The molecule has 0 fully saturated rings. The van der Waals surface area contributed by atoms with Crippen molar-refractivity contribution >= 4 is 32.3 Å². The fraction of sp³-hybridized carbons (Fsp3) is 0. The number of aromatic nitrogens is 1. The molecule has 0 atom stereocenters. The number of hydrogen-bond donors (Lipinski definition) is 0. The van der Waals surface area contributed by atoms with E-state index >= 15 is 0 Å². The minimum atomic E-state index is 0.997. The van der Waals surface area contributed by atoms with Gasteiger partial charge >= 0.3 is 0 Å². The van der Waals surface area contributed by atoms with Gasteiger partial charge in [-0.25, -0.2) is 0 Å². The molecule has 0 spiro atoms. The van der Waals surface area contributed by atoms with Crippen molar-refractivity contribution in [2.75, 3.05) is 0 Å². The van der Waals surface area contributed by atoms with E-state index in [9.17, 15) is 0 Å². The number of fused-ring (bicyclic) bond motifs is 3. The van der Waals surface area contributed by atoms with Gasteiger partial charge in [0.15, 0.2) is 0 Å². The molecule has 1 heterocycles. The summed E-state index contributed by atoms with van der Waals surface area (Å²) in [4.78, 5) is 4.77. The molecular weight excluding hydrogens is 579 g/mol. The summed E-state index contributed by atoms with van der Waals surface area (Å²) in [5, 5.41) is 7.54. The molecule has 0 aliphatic rings. The maximum absolute atomic E-state index is 4.77. The summed E-state index contributed by atoms with van der Waals surface area (Å²) in [6.07, 6.45) is 1.87. The Balaban J connectivity index is 1.25. The van der Waals surface area contributed by atoms with Crippen LogP contribution >= 0.6 is 0 Å². The average Bonchev–Trinajstić information content (AvgIpc) is 3.17. The van der Waals surface area contributed by atoms with E-state index in [1.165, 1.54) is 65.7 Å². The molecular formula is C47H31N. The van der Waals surface area contributed by atoms with Gasteiger partial charge in [-0.05, 0) is 77.3 Å². The van der Waals surface area contributed by atoms with Crippen molar-refractivity contribution in [3.05, 3.63) is 188 Å². The first-order valence-electron chi connectivity index (χ1n) is 16.5. The minimum absolute atomic E-state index is 0.997. The molecule has 1 nitrogen and oxygen atoms in total. The van der Waals surface area contributed by atoms with Crippen LogP contribution in [0, 0.1) is 0 Å². The second-order valence-electron chi connectivity index (χ2n) is 12.3. The summed E-state index contributed by atoms with van der Waals surface area (Å²) in [6.45, 7) is 0. The molecule has 48 heavy (non-hydrogen) atoms. The summed E-state index contributed by atoms with van der Waals surface area (Å²) in [5.41, 5.74) is 11.9. The van der Waals surface area contributed by atoms with E-state index in [1.807, 2.05) is 18.3 Å². The Morgan fingerprint density at radius 2 is 0.688 bits per heavy atom. The third kappa shape index (κ3) is 4.68. The zero-order valence-corrected chi connectivity index (χ0v) is 26.3. The minimum Gasteiger partial charge on any atom is -0.256 e. The molecule has 0 amide bonds. The van der Waals surface area contributed by atoms with E-state index in [1.54, 1.807) is 0 Å². The monoisotopic (exact) mass is 609 g/mol. The SMILES string of the molecule is c1ccc(-c2ncccc2-c2ccc(-c3c4ccccc4c(-c4cccc5c(-c6ccccc6)cccc45)c4ccccc34)cc2)cc1. The van der Waals surface area contributed by atoms with Gasteiger partial charge < -0.3 is 0 Å². The summed E-state index contributed by atoms with van der Waals surface area (Å²) in [6, 6.07) is 65.6. The predicted molar refractivity (Wildman–Crippen MR) is 204 cm³/mol. The van der Waals surface area contributed by atoms with Crippen LogP contribution < -0.4 is 0 Å². The number of nitrogens with zero attached hydrogens (tertiary/aromatic N) is 1. The van der Waals surface area contributed by atoms with Crippen LogP contribution in [0.5, 0.6) is 0 Å². The van der Waals surface area contributed by atoms with Gasteiger partial charge in [0.1, 0.15) is 0 Å². The topological polar surface area (TPSA) is 12.9 Å². The summed E-state index contributed by atoms with van der Waals surface area (Å²) in [7, 11) is 0. The molecule has 224 valence electrons. The molecule has 0 unspecified atom stereocenters. The maximum atomic E-state index is 4.77. The molecule has 0 aliphatic carbocycles. The summed E-state index contributed by atoms with van der Waals surface area (Å²) < 4.78 is 0.